The van der Waals surface area contributed by atoms with Crippen LogP contribution in [0.5, 0.6) is 0 Å². The smallest absolute Gasteiger partial charge is 0.361 e. The fraction of sp³-hybridized carbons (Fsp3) is 0.952. The highest BCUT2D eigenvalue weighted by molar-refractivity contribution is 5.71. The molecule has 0 aromatic rings. The van der Waals surface area contributed by atoms with E-state index in [0.29, 0.717) is 22.1 Å². The molecule has 6 nitrogen and oxygen atoms in total. The first-order chi connectivity index (χ1) is 23.1. The summed E-state index contributed by atoms with van der Waals surface area (Å²) in [6, 6.07) is 0. The molecule has 0 aromatic carbocycles. The second-order valence-corrected chi connectivity index (χ2v) is 16.3. The van der Waals surface area contributed by atoms with E-state index in [1.54, 1.807) is 0 Å². The molecule has 8 heteroatoms. The highest BCUT2D eigenvalue weighted by Crippen LogP contribution is 2.15. The molecule has 0 saturated heterocycles. The summed E-state index contributed by atoms with van der Waals surface area (Å²) in [5, 5.41) is 0. The van der Waals surface area contributed by atoms with Crippen molar-refractivity contribution in [3.63, 3.8) is 0 Å². The molecule has 0 N–H and O–H groups in total. The van der Waals surface area contributed by atoms with Crippen LogP contribution < -0.4 is 24.8 Å². The molecule has 0 aliphatic carbocycles. The summed E-state index contributed by atoms with van der Waals surface area (Å²) in [6.45, 7) is 7.50. The molecule has 0 aliphatic heterocycles. The number of ether oxygens (including phenoxy) is 2. The number of carbonyl (C=O) groups is 2. The first-order valence-electron chi connectivity index (χ1n) is 21.1. The Bertz CT molecular complexity index is 677. The zero-order valence-corrected chi connectivity index (χ0v) is 35.8. The standard InChI is InChI=1S/C42H86N2O4.2ClH/c1-7-9-11-13-15-17-19-21-23-25-27-29-31-33-35-43(3,4)39-41(45)47-37-38-48-42(46)40-44(5,6)36-34-32-30-28-26-24-22-20-18-16-14-12-10-8-2;;/h7-40H2,1-6H3;2*1H/q+2;;/p-2. The average molecular weight is 754 g/mol. The van der Waals surface area contributed by atoms with Crippen molar-refractivity contribution in [2.24, 2.45) is 0 Å². The van der Waals surface area contributed by atoms with Crippen molar-refractivity contribution in [2.75, 3.05) is 67.6 Å². The number of carbonyl (C=O) groups excluding carboxylic acids is 2. The van der Waals surface area contributed by atoms with Gasteiger partial charge in [0.2, 0.25) is 0 Å². The monoisotopic (exact) mass is 753 g/mol. The molecule has 0 aliphatic rings. The Kier molecular flexibility index (Phi) is 41.1. The van der Waals surface area contributed by atoms with Crippen LogP contribution in [0.4, 0.5) is 0 Å². The average Bonchev–Trinajstić information content (AvgIpc) is 3.03. The Balaban J connectivity index is -0.0000110. The maximum Gasteiger partial charge on any atom is 0.361 e. The highest BCUT2D eigenvalue weighted by Gasteiger charge is 2.22. The van der Waals surface area contributed by atoms with Gasteiger partial charge in [-0.3, -0.25) is 0 Å². The summed E-state index contributed by atoms with van der Waals surface area (Å²) >= 11 is 0. The SMILES string of the molecule is CCCCCCCCCCCCCCCC[N+](C)(C)CC(=O)OCCOC(=O)C[N+](C)(C)CCCCCCCCCCCCCCCC.[Cl-].[Cl-]. The number of likely N-dealkylation sites (N-methyl/N-ethyl adjacent to an activating group) is 2. The second-order valence-electron chi connectivity index (χ2n) is 16.3. The van der Waals surface area contributed by atoms with Gasteiger partial charge in [-0.15, -0.1) is 0 Å². The molecule has 0 fully saturated rings. The van der Waals surface area contributed by atoms with E-state index in [-0.39, 0.29) is 50.0 Å². The number of halogens is 2. The van der Waals surface area contributed by atoms with Crippen LogP contribution in [0.1, 0.15) is 194 Å². The predicted molar refractivity (Wildman–Crippen MR) is 206 cm³/mol. The van der Waals surface area contributed by atoms with Gasteiger partial charge in [-0.05, 0) is 25.7 Å². The van der Waals surface area contributed by atoms with Crippen molar-refractivity contribution in [1.82, 2.24) is 0 Å². The Morgan fingerprint density at radius 1 is 0.360 bits per heavy atom. The van der Waals surface area contributed by atoms with E-state index in [9.17, 15) is 9.59 Å². The van der Waals surface area contributed by atoms with Crippen LogP contribution >= 0.6 is 0 Å². The Labute approximate surface area is 324 Å². The van der Waals surface area contributed by atoms with Crippen molar-refractivity contribution in [2.45, 2.75) is 194 Å². The van der Waals surface area contributed by atoms with E-state index in [1.807, 2.05) is 0 Å². The molecular weight excluding hydrogens is 667 g/mol. The van der Waals surface area contributed by atoms with E-state index < -0.39 is 0 Å². The Hall–Kier alpha value is -0.560. The summed E-state index contributed by atoms with van der Waals surface area (Å²) in [4.78, 5) is 24.8. The van der Waals surface area contributed by atoms with E-state index in [2.05, 4.69) is 42.0 Å². The molecule has 0 aromatic heterocycles. The highest BCUT2D eigenvalue weighted by atomic mass is 35.5. The van der Waals surface area contributed by atoms with Gasteiger partial charge >= 0.3 is 11.9 Å². The van der Waals surface area contributed by atoms with Crippen LogP contribution in [0.15, 0.2) is 0 Å². The number of esters is 2. The lowest BCUT2D eigenvalue weighted by Crippen LogP contribution is -3.00. The lowest BCUT2D eigenvalue weighted by atomic mass is 10.0. The number of quaternary nitrogens is 2. The number of hydrogen-bond donors (Lipinski definition) is 0. The molecule has 0 saturated carbocycles. The fourth-order valence-corrected chi connectivity index (χ4v) is 6.73. The third-order valence-electron chi connectivity index (χ3n) is 9.96. The van der Waals surface area contributed by atoms with Gasteiger partial charge in [0.1, 0.15) is 13.2 Å². The van der Waals surface area contributed by atoms with Crippen molar-refractivity contribution in [3.8, 4) is 0 Å². The van der Waals surface area contributed by atoms with Gasteiger partial charge in [-0.2, -0.15) is 0 Å². The summed E-state index contributed by atoms with van der Waals surface area (Å²) in [5.74, 6) is -0.425. The van der Waals surface area contributed by atoms with Crippen LogP contribution in [0.3, 0.4) is 0 Å². The molecule has 0 spiro atoms. The molecular formula is C42H86Cl2N2O4. The number of unbranched alkanes of at least 4 members (excludes halogenated alkanes) is 26. The Morgan fingerprint density at radius 3 is 0.780 bits per heavy atom. The lowest BCUT2D eigenvalue weighted by molar-refractivity contribution is -0.883. The zero-order chi connectivity index (χ0) is 35.6. The molecule has 0 rings (SSSR count). The minimum Gasteiger partial charge on any atom is -1.00 e. The van der Waals surface area contributed by atoms with E-state index in [1.165, 1.54) is 167 Å². The minimum atomic E-state index is -0.213. The van der Waals surface area contributed by atoms with E-state index in [4.69, 9.17) is 9.47 Å². The molecule has 0 bridgehead atoms. The zero-order valence-electron chi connectivity index (χ0n) is 34.3. The van der Waals surface area contributed by atoms with Gasteiger partial charge in [-0.1, -0.05) is 168 Å². The number of hydrogen-bond acceptors (Lipinski definition) is 4. The van der Waals surface area contributed by atoms with Gasteiger partial charge in [0.15, 0.2) is 13.1 Å². The van der Waals surface area contributed by atoms with Gasteiger partial charge < -0.3 is 43.3 Å². The topological polar surface area (TPSA) is 52.6 Å². The van der Waals surface area contributed by atoms with E-state index in [0.717, 1.165) is 25.9 Å². The number of rotatable bonds is 37. The summed E-state index contributed by atoms with van der Waals surface area (Å²) in [6.07, 6.45) is 38.0. The van der Waals surface area contributed by atoms with Crippen LogP contribution in [0.25, 0.3) is 0 Å². The fourth-order valence-electron chi connectivity index (χ4n) is 6.73. The van der Waals surface area contributed by atoms with Gasteiger partial charge in [0.25, 0.3) is 0 Å². The third kappa shape index (κ3) is 40.2. The van der Waals surface area contributed by atoms with Crippen molar-refractivity contribution < 1.29 is 52.8 Å². The molecule has 0 atom stereocenters. The van der Waals surface area contributed by atoms with Crippen molar-refractivity contribution in [1.29, 1.82) is 0 Å². The van der Waals surface area contributed by atoms with Gasteiger partial charge in [-0.25, -0.2) is 9.59 Å². The molecule has 302 valence electrons. The summed E-state index contributed by atoms with van der Waals surface area (Å²) < 4.78 is 12.1. The predicted octanol–water partition coefficient (Wildman–Crippen LogP) is 5.20. The van der Waals surface area contributed by atoms with Gasteiger partial charge in [0.05, 0.1) is 41.3 Å². The van der Waals surface area contributed by atoms with Crippen LogP contribution in [0.2, 0.25) is 0 Å². The molecule has 0 radical (unpaired) electrons. The maximum atomic E-state index is 12.4. The molecule has 0 amide bonds. The largest absolute Gasteiger partial charge is 1.00 e. The Morgan fingerprint density at radius 2 is 0.560 bits per heavy atom. The lowest BCUT2D eigenvalue weighted by Gasteiger charge is -2.29. The van der Waals surface area contributed by atoms with Crippen molar-refractivity contribution in [3.05, 3.63) is 0 Å². The normalized spacial score (nSPS) is 11.6. The molecule has 50 heavy (non-hydrogen) atoms. The van der Waals surface area contributed by atoms with E-state index >= 15 is 0 Å². The van der Waals surface area contributed by atoms with Crippen LogP contribution in [-0.4, -0.2) is 88.5 Å². The third-order valence-corrected chi connectivity index (χ3v) is 9.96. The summed E-state index contributed by atoms with van der Waals surface area (Å²) in [7, 11) is 8.40. The molecule has 0 unspecified atom stereocenters. The first kappa shape index (κ1) is 53.8. The van der Waals surface area contributed by atoms with Crippen LogP contribution in [-0.2, 0) is 19.1 Å². The first-order valence-corrected chi connectivity index (χ1v) is 21.1. The van der Waals surface area contributed by atoms with Crippen LogP contribution in [0, 0.1) is 0 Å². The van der Waals surface area contributed by atoms with Crippen molar-refractivity contribution >= 4 is 11.9 Å². The quantitative estimate of drug-likeness (QED) is 0.0498. The molecule has 0 heterocycles. The summed E-state index contributed by atoms with van der Waals surface area (Å²) in [5.41, 5.74) is 0. The second kappa shape index (κ2) is 38.2. The van der Waals surface area contributed by atoms with Gasteiger partial charge in [0, 0.05) is 0 Å². The number of nitrogens with zero attached hydrogens (tertiary/aromatic N) is 2. The maximum absolute atomic E-state index is 12.4. The minimum absolute atomic E-state index is 0.